The van der Waals surface area contributed by atoms with Crippen LogP contribution in [0.2, 0.25) is 0 Å². The summed E-state index contributed by atoms with van der Waals surface area (Å²) in [5, 5.41) is 13.0. The van der Waals surface area contributed by atoms with Gasteiger partial charge in [0.25, 0.3) is 6.43 Å². The van der Waals surface area contributed by atoms with Gasteiger partial charge in [-0.2, -0.15) is 0 Å². The largest absolute Gasteiger partial charge is 0.507 e. The third kappa shape index (κ3) is 2.02. The number of phenols is 1. The molecule has 0 bridgehead atoms. The highest BCUT2D eigenvalue weighted by Gasteiger charge is 2.23. The van der Waals surface area contributed by atoms with Crippen molar-refractivity contribution in [3.8, 4) is 5.75 Å². The zero-order valence-electron chi connectivity index (χ0n) is 9.13. The molecule has 0 aromatic heterocycles. The minimum absolute atomic E-state index is 0.0115. The molecule has 1 aromatic carbocycles. The predicted octanol–water partition coefficient (Wildman–Crippen LogP) is 3.06. The molecule has 1 aliphatic heterocycles. The number of halogens is 2. The zero-order chi connectivity index (χ0) is 11.7. The Bertz CT molecular complexity index is 387. The molecule has 0 saturated carbocycles. The second-order valence-corrected chi connectivity index (χ2v) is 4.24. The van der Waals surface area contributed by atoms with E-state index in [9.17, 15) is 13.9 Å². The monoisotopic (exact) mass is 227 g/mol. The van der Waals surface area contributed by atoms with Gasteiger partial charge in [0, 0.05) is 11.6 Å². The molecule has 0 radical (unpaired) electrons. The van der Waals surface area contributed by atoms with Crippen molar-refractivity contribution in [2.45, 2.75) is 32.2 Å². The van der Waals surface area contributed by atoms with Crippen LogP contribution in [0.4, 0.5) is 8.78 Å². The Morgan fingerprint density at radius 1 is 1.44 bits per heavy atom. The van der Waals surface area contributed by atoms with E-state index in [1.54, 1.807) is 13.0 Å². The summed E-state index contributed by atoms with van der Waals surface area (Å²) >= 11 is 0. The van der Waals surface area contributed by atoms with Crippen LogP contribution < -0.4 is 5.32 Å². The van der Waals surface area contributed by atoms with Gasteiger partial charge in [-0.25, -0.2) is 8.78 Å². The fraction of sp³-hybridized carbons (Fsp3) is 0.500. The summed E-state index contributed by atoms with van der Waals surface area (Å²) in [6, 6.07) is 3.14. The molecule has 2 rings (SSSR count). The topological polar surface area (TPSA) is 32.3 Å². The summed E-state index contributed by atoms with van der Waals surface area (Å²) < 4.78 is 25.4. The highest BCUT2D eigenvalue weighted by Crippen LogP contribution is 2.37. The van der Waals surface area contributed by atoms with Crippen LogP contribution >= 0.6 is 0 Å². The molecule has 0 spiro atoms. The number of alkyl halides is 2. The Morgan fingerprint density at radius 2 is 2.19 bits per heavy atom. The standard InChI is InChI=1S/C12H15F2NO/c1-7-5-8(10-3-2-4-15-10)11(16)9(6-7)12(13)14/h5-6,10,12,15-16H,2-4H2,1H3. The van der Waals surface area contributed by atoms with Crippen LogP contribution in [0, 0.1) is 6.92 Å². The van der Waals surface area contributed by atoms with Gasteiger partial charge >= 0.3 is 0 Å². The Kier molecular flexibility index (Phi) is 3.10. The van der Waals surface area contributed by atoms with Crippen molar-refractivity contribution >= 4 is 0 Å². The van der Waals surface area contributed by atoms with Gasteiger partial charge in [0.1, 0.15) is 5.75 Å². The average molecular weight is 227 g/mol. The van der Waals surface area contributed by atoms with Gasteiger partial charge in [-0.1, -0.05) is 11.6 Å². The second-order valence-electron chi connectivity index (χ2n) is 4.24. The van der Waals surface area contributed by atoms with Crippen LogP contribution in [0.25, 0.3) is 0 Å². The van der Waals surface area contributed by atoms with E-state index in [4.69, 9.17) is 0 Å². The molecule has 0 aliphatic carbocycles. The third-order valence-electron chi connectivity index (χ3n) is 2.98. The molecule has 1 atom stereocenters. The van der Waals surface area contributed by atoms with E-state index in [0.717, 1.165) is 24.9 Å². The van der Waals surface area contributed by atoms with Crippen molar-refractivity contribution in [2.24, 2.45) is 0 Å². The molecule has 1 heterocycles. The number of hydrogen-bond acceptors (Lipinski definition) is 2. The Balaban J connectivity index is 2.43. The van der Waals surface area contributed by atoms with Crippen LogP contribution in [0.15, 0.2) is 12.1 Å². The molecule has 2 N–H and O–H groups in total. The Morgan fingerprint density at radius 3 is 2.75 bits per heavy atom. The highest BCUT2D eigenvalue weighted by molar-refractivity contribution is 5.46. The van der Waals surface area contributed by atoms with E-state index in [-0.39, 0.29) is 17.4 Å². The average Bonchev–Trinajstić information content (AvgIpc) is 2.73. The molecular weight excluding hydrogens is 212 g/mol. The van der Waals surface area contributed by atoms with Crippen LogP contribution in [-0.2, 0) is 0 Å². The minimum Gasteiger partial charge on any atom is -0.507 e. The fourth-order valence-electron chi connectivity index (χ4n) is 2.22. The molecule has 16 heavy (non-hydrogen) atoms. The molecule has 1 fully saturated rings. The molecule has 1 aromatic rings. The number of hydrogen-bond donors (Lipinski definition) is 2. The van der Waals surface area contributed by atoms with Crippen LogP contribution in [0.3, 0.4) is 0 Å². The van der Waals surface area contributed by atoms with E-state index < -0.39 is 6.43 Å². The van der Waals surface area contributed by atoms with Crippen molar-refractivity contribution in [2.75, 3.05) is 6.54 Å². The van der Waals surface area contributed by atoms with E-state index in [1.807, 2.05) is 0 Å². The van der Waals surface area contributed by atoms with E-state index in [2.05, 4.69) is 5.32 Å². The first-order valence-corrected chi connectivity index (χ1v) is 5.44. The van der Waals surface area contributed by atoms with Gasteiger partial charge in [0.05, 0.1) is 5.56 Å². The van der Waals surface area contributed by atoms with Gasteiger partial charge in [-0.05, 0) is 32.4 Å². The van der Waals surface area contributed by atoms with Crippen molar-refractivity contribution in [1.29, 1.82) is 0 Å². The number of nitrogens with one attached hydrogen (secondary N) is 1. The van der Waals surface area contributed by atoms with Gasteiger partial charge in [0.2, 0.25) is 0 Å². The Labute approximate surface area is 93.3 Å². The zero-order valence-corrected chi connectivity index (χ0v) is 9.13. The van der Waals surface area contributed by atoms with Gasteiger partial charge in [-0.15, -0.1) is 0 Å². The number of aryl methyl sites for hydroxylation is 1. The van der Waals surface area contributed by atoms with E-state index >= 15 is 0 Å². The maximum Gasteiger partial charge on any atom is 0.267 e. The lowest BCUT2D eigenvalue weighted by atomic mass is 9.98. The van der Waals surface area contributed by atoms with Crippen molar-refractivity contribution in [3.05, 3.63) is 28.8 Å². The van der Waals surface area contributed by atoms with Gasteiger partial charge in [0.15, 0.2) is 0 Å². The summed E-state index contributed by atoms with van der Waals surface area (Å²) in [5.41, 5.74) is 1.10. The van der Waals surface area contributed by atoms with Crippen LogP contribution in [0.1, 0.15) is 42.0 Å². The van der Waals surface area contributed by atoms with Crippen molar-refractivity contribution in [3.63, 3.8) is 0 Å². The lowest BCUT2D eigenvalue weighted by Gasteiger charge is -2.16. The summed E-state index contributed by atoms with van der Waals surface area (Å²) in [5.74, 6) is -0.250. The normalized spacial score (nSPS) is 20.6. The summed E-state index contributed by atoms with van der Waals surface area (Å²) in [6.45, 7) is 2.64. The van der Waals surface area contributed by atoms with Crippen molar-refractivity contribution < 1.29 is 13.9 Å². The Hall–Kier alpha value is -1.16. The van der Waals surface area contributed by atoms with Crippen molar-refractivity contribution in [1.82, 2.24) is 5.32 Å². The number of phenolic OH excluding ortho intramolecular Hbond substituents is 1. The minimum atomic E-state index is -2.62. The molecule has 0 amide bonds. The molecule has 1 aliphatic rings. The summed E-state index contributed by atoms with van der Waals surface area (Å²) in [7, 11) is 0. The maximum atomic E-state index is 12.7. The lowest BCUT2D eigenvalue weighted by molar-refractivity contribution is 0.147. The smallest absolute Gasteiger partial charge is 0.267 e. The van der Waals surface area contributed by atoms with Crippen LogP contribution in [-0.4, -0.2) is 11.7 Å². The number of rotatable bonds is 2. The summed E-state index contributed by atoms with van der Waals surface area (Å²) in [4.78, 5) is 0. The van der Waals surface area contributed by atoms with E-state index in [1.165, 1.54) is 6.07 Å². The number of benzene rings is 1. The molecular formula is C12H15F2NO. The summed E-state index contributed by atoms with van der Waals surface area (Å²) in [6.07, 6.45) is -0.720. The second kappa shape index (κ2) is 4.37. The lowest BCUT2D eigenvalue weighted by Crippen LogP contribution is -2.13. The maximum absolute atomic E-state index is 12.7. The van der Waals surface area contributed by atoms with Crippen LogP contribution in [0.5, 0.6) is 5.75 Å². The van der Waals surface area contributed by atoms with Gasteiger partial charge in [-0.3, -0.25) is 0 Å². The number of aromatic hydroxyl groups is 1. The van der Waals surface area contributed by atoms with Gasteiger partial charge < -0.3 is 10.4 Å². The quantitative estimate of drug-likeness (QED) is 0.813. The SMILES string of the molecule is Cc1cc(C(F)F)c(O)c(C2CCCN2)c1. The molecule has 4 heteroatoms. The molecule has 1 saturated heterocycles. The highest BCUT2D eigenvalue weighted by atomic mass is 19.3. The first kappa shape index (κ1) is 11.3. The third-order valence-corrected chi connectivity index (χ3v) is 2.98. The van der Waals surface area contributed by atoms with E-state index in [0.29, 0.717) is 5.56 Å². The molecule has 88 valence electrons. The fourth-order valence-corrected chi connectivity index (χ4v) is 2.22. The first-order valence-electron chi connectivity index (χ1n) is 5.44. The predicted molar refractivity (Wildman–Crippen MR) is 57.8 cm³/mol. The first-order chi connectivity index (χ1) is 7.59. The molecule has 2 nitrogen and oxygen atoms in total. The molecule has 1 unspecified atom stereocenters.